The Kier molecular flexibility index (Phi) is 6.76. The van der Waals surface area contributed by atoms with Crippen molar-refractivity contribution in [2.24, 2.45) is 0 Å². The summed E-state index contributed by atoms with van der Waals surface area (Å²) in [6, 6.07) is 3.18. The van der Waals surface area contributed by atoms with Gasteiger partial charge in [-0.3, -0.25) is 4.79 Å². The van der Waals surface area contributed by atoms with Gasteiger partial charge in [-0.05, 0) is 12.1 Å². The summed E-state index contributed by atoms with van der Waals surface area (Å²) in [4.78, 5) is 10.6. The third kappa shape index (κ3) is 3.15. The summed E-state index contributed by atoms with van der Waals surface area (Å²) in [5.74, 6) is 1.45. The third-order valence-corrected chi connectivity index (χ3v) is 1.82. The van der Waals surface area contributed by atoms with Gasteiger partial charge in [-0.2, -0.15) is 0 Å². The van der Waals surface area contributed by atoms with Crippen molar-refractivity contribution < 1.29 is 19.0 Å². The van der Waals surface area contributed by atoms with Crippen molar-refractivity contribution in [3.8, 4) is 17.2 Å². The SMILES string of the molecule is CC.COc1cc(C=O)cc(OC)c1OC. The molecule has 90 valence electrons. The predicted molar refractivity (Wildman–Crippen MR) is 62.8 cm³/mol. The Hall–Kier alpha value is -1.71. The molecule has 0 saturated carbocycles. The number of rotatable bonds is 4. The van der Waals surface area contributed by atoms with E-state index in [1.165, 1.54) is 21.3 Å². The molecule has 0 bridgehead atoms. The fraction of sp³-hybridized carbons (Fsp3) is 0.417. The van der Waals surface area contributed by atoms with Gasteiger partial charge in [0.15, 0.2) is 11.5 Å². The zero-order chi connectivity index (χ0) is 12.6. The van der Waals surface area contributed by atoms with Crippen molar-refractivity contribution in [1.82, 2.24) is 0 Å². The molecule has 4 nitrogen and oxygen atoms in total. The summed E-state index contributed by atoms with van der Waals surface area (Å²) in [5.41, 5.74) is 0.486. The first-order valence-electron chi connectivity index (χ1n) is 5.02. The van der Waals surface area contributed by atoms with E-state index >= 15 is 0 Å². The van der Waals surface area contributed by atoms with E-state index < -0.39 is 0 Å². The first-order chi connectivity index (χ1) is 7.76. The van der Waals surface area contributed by atoms with Crippen LogP contribution in [0.1, 0.15) is 24.2 Å². The van der Waals surface area contributed by atoms with Crippen molar-refractivity contribution in [3.05, 3.63) is 17.7 Å². The molecule has 0 unspecified atom stereocenters. The highest BCUT2D eigenvalue weighted by atomic mass is 16.5. The molecule has 0 spiro atoms. The molecule has 1 aromatic carbocycles. The molecule has 0 heterocycles. The van der Waals surface area contributed by atoms with E-state index in [9.17, 15) is 4.79 Å². The number of benzene rings is 1. The Labute approximate surface area is 96.1 Å². The molecule has 0 aromatic heterocycles. The Balaban J connectivity index is 0.00000106. The molecule has 0 aliphatic rings. The minimum absolute atomic E-state index is 0.481. The van der Waals surface area contributed by atoms with Gasteiger partial charge in [-0.1, -0.05) is 13.8 Å². The predicted octanol–water partition coefficient (Wildman–Crippen LogP) is 2.55. The summed E-state index contributed by atoms with van der Waals surface area (Å²) < 4.78 is 15.2. The highest BCUT2D eigenvalue weighted by Crippen LogP contribution is 2.37. The van der Waals surface area contributed by atoms with Gasteiger partial charge in [0.2, 0.25) is 5.75 Å². The zero-order valence-electron chi connectivity index (χ0n) is 10.4. The summed E-state index contributed by atoms with van der Waals surface area (Å²) in [5, 5.41) is 0. The van der Waals surface area contributed by atoms with Gasteiger partial charge in [-0.25, -0.2) is 0 Å². The van der Waals surface area contributed by atoms with Gasteiger partial charge >= 0.3 is 0 Å². The largest absolute Gasteiger partial charge is 0.493 e. The Morgan fingerprint density at radius 3 is 1.62 bits per heavy atom. The lowest BCUT2D eigenvalue weighted by atomic mass is 10.2. The van der Waals surface area contributed by atoms with Gasteiger partial charge in [0.25, 0.3) is 0 Å². The van der Waals surface area contributed by atoms with E-state index in [4.69, 9.17) is 14.2 Å². The second-order valence-corrected chi connectivity index (χ2v) is 2.58. The second kappa shape index (κ2) is 7.56. The Morgan fingerprint density at radius 1 is 0.938 bits per heavy atom. The molecule has 1 aromatic rings. The average Bonchev–Trinajstić information content (AvgIpc) is 2.39. The molecule has 0 N–H and O–H groups in total. The minimum Gasteiger partial charge on any atom is -0.493 e. The first kappa shape index (κ1) is 14.3. The number of methoxy groups -OCH3 is 3. The molecule has 4 heteroatoms. The molecular formula is C12H18O4. The molecule has 0 aliphatic carbocycles. The summed E-state index contributed by atoms with van der Waals surface area (Å²) in [7, 11) is 4.53. The maximum absolute atomic E-state index is 10.6. The van der Waals surface area contributed by atoms with E-state index in [1.54, 1.807) is 12.1 Å². The molecule has 0 atom stereocenters. The van der Waals surface area contributed by atoms with Crippen molar-refractivity contribution >= 4 is 6.29 Å². The number of carbonyl (C=O) groups excluding carboxylic acids is 1. The number of carbonyl (C=O) groups is 1. The maximum Gasteiger partial charge on any atom is 0.203 e. The van der Waals surface area contributed by atoms with Crippen molar-refractivity contribution in [2.75, 3.05) is 21.3 Å². The lowest BCUT2D eigenvalue weighted by Gasteiger charge is -2.11. The van der Waals surface area contributed by atoms with Crippen molar-refractivity contribution in [3.63, 3.8) is 0 Å². The van der Waals surface area contributed by atoms with E-state index in [-0.39, 0.29) is 0 Å². The molecule has 0 radical (unpaired) electrons. The third-order valence-electron chi connectivity index (χ3n) is 1.82. The smallest absolute Gasteiger partial charge is 0.203 e. The van der Waals surface area contributed by atoms with Gasteiger partial charge in [0.05, 0.1) is 21.3 Å². The first-order valence-corrected chi connectivity index (χ1v) is 5.02. The molecule has 0 amide bonds. The number of hydrogen-bond acceptors (Lipinski definition) is 4. The lowest BCUT2D eigenvalue weighted by molar-refractivity contribution is 0.112. The molecule has 16 heavy (non-hydrogen) atoms. The summed E-state index contributed by atoms with van der Waals surface area (Å²) in [6.45, 7) is 4.00. The molecule has 0 aliphatic heterocycles. The van der Waals surface area contributed by atoms with Crippen LogP contribution < -0.4 is 14.2 Å². The van der Waals surface area contributed by atoms with Crippen LogP contribution in [0.3, 0.4) is 0 Å². The van der Waals surface area contributed by atoms with Crippen LogP contribution in [-0.4, -0.2) is 27.6 Å². The Bertz CT molecular complexity index is 309. The van der Waals surface area contributed by atoms with Crippen LogP contribution in [0.4, 0.5) is 0 Å². The lowest BCUT2D eigenvalue weighted by Crippen LogP contribution is -1.96. The highest BCUT2D eigenvalue weighted by Gasteiger charge is 2.12. The monoisotopic (exact) mass is 226 g/mol. The van der Waals surface area contributed by atoms with Crippen LogP contribution >= 0.6 is 0 Å². The summed E-state index contributed by atoms with van der Waals surface area (Å²) in [6.07, 6.45) is 0.727. The zero-order valence-corrected chi connectivity index (χ0v) is 10.4. The van der Waals surface area contributed by atoms with Crippen LogP contribution in [0.2, 0.25) is 0 Å². The van der Waals surface area contributed by atoms with Crippen LogP contribution in [0.15, 0.2) is 12.1 Å². The minimum atomic E-state index is 0.481. The van der Waals surface area contributed by atoms with Crippen LogP contribution in [0.5, 0.6) is 17.2 Å². The standard InChI is InChI=1S/C10H12O4.C2H6/c1-12-8-4-7(6-11)5-9(13-2)10(8)14-3;1-2/h4-6H,1-3H3;1-2H3. The quantitative estimate of drug-likeness (QED) is 0.740. The molecule has 1 rings (SSSR count). The van der Waals surface area contributed by atoms with Gasteiger partial charge in [0.1, 0.15) is 6.29 Å². The van der Waals surface area contributed by atoms with Gasteiger partial charge in [0, 0.05) is 5.56 Å². The second-order valence-electron chi connectivity index (χ2n) is 2.58. The van der Waals surface area contributed by atoms with Gasteiger partial charge < -0.3 is 14.2 Å². The van der Waals surface area contributed by atoms with E-state index in [1.807, 2.05) is 13.8 Å². The topological polar surface area (TPSA) is 44.8 Å². The van der Waals surface area contributed by atoms with Gasteiger partial charge in [-0.15, -0.1) is 0 Å². The average molecular weight is 226 g/mol. The maximum atomic E-state index is 10.6. The fourth-order valence-electron chi connectivity index (χ4n) is 1.17. The Morgan fingerprint density at radius 2 is 1.38 bits per heavy atom. The van der Waals surface area contributed by atoms with E-state index in [0.29, 0.717) is 22.8 Å². The highest BCUT2D eigenvalue weighted by molar-refractivity contribution is 5.78. The number of aldehydes is 1. The molecule has 0 saturated heterocycles. The summed E-state index contributed by atoms with van der Waals surface area (Å²) >= 11 is 0. The van der Waals surface area contributed by atoms with Crippen LogP contribution in [0, 0.1) is 0 Å². The van der Waals surface area contributed by atoms with E-state index in [2.05, 4.69) is 0 Å². The molecular weight excluding hydrogens is 208 g/mol. The number of ether oxygens (including phenoxy) is 3. The normalized spacial score (nSPS) is 8.56. The fourth-order valence-corrected chi connectivity index (χ4v) is 1.17. The van der Waals surface area contributed by atoms with E-state index in [0.717, 1.165) is 6.29 Å². The van der Waals surface area contributed by atoms with Crippen LogP contribution in [0.25, 0.3) is 0 Å². The molecule has 0 fully saturated rings. The van der Waals surface area contributed by atoms with Crippen molar-refractivity contribution in [1.29, 1.82) is 0 Å². The van der Waals surface area contributed by atoms with Crippen LogP contribution in [-0.2, 0) is 0 Å². The van der Waals surface area contributed by atoms with Crippen molar-refractivity contribution in [2.45, 2.75) is 13.8 Å². The number of hydrogen-bond donors (Lipinski definition) is 0.